The number of hydrogen-bond acceptors (Lipinski definition) is 4. The standard InChI is InChI=1S/C16H21N5S/c1-10(2)21-9-12-8-13(22-4)5-6-14(12)16(20-21)17-15-7-11(3)18-19-15/h5-8,10H,9H2,1-4H3,(H2,17,18,19,20). The van der Waals surface area contributed by atoms with E-state index in [0.29, 0.717) is 11.9 Å². The lowest BCUT2D eigenvalue weighted by Crippen LogP contribution is -2.49. The van der Waals surface area contributed by atoms with Crippen molar-refractivity contribution in [2.24, 2.45) is 4.99 Å². The van der Waals surface area contributed by atoms with E-state index < -0.39 is 0 Å². The quantitative estimate of drug-likeness (QED) is 0.854. The summed E-state index contributed by atoms with van der Waals surface area (Å²) >= 11 is 1.76. The van der Waals surface area contributed by atoms with Gasteiger partial charge in [0.2, 0.25) is 0 Å². The molecule has 0 bridgehead atoms. The number of nitrogens with zero attached hydrogens (tertiary/aromatic N) is 3. The number of amidine groups is 1. The molecule has 0 fully saturated rings. The first kappa shape index (κ1) is 15.1. The Morgan fingerprint density at radius 2 is 2.14 bits per heavy atom. The molecule has 0 unspecified atom stereocenters. The fourth-order valence-corrected chi connectivity index (χ4v) is 2.91. The number of aliphatic imine (C=N–C) groups is 1. The molecule has 0 amide bonds. The monoisotopic (exact) mass is 315 g/mol. The molecule has 0 radical (unpaired) electrons. The summed E-state index contributed by atoms with van der Waals surface area (Å²) in [5, 5.41) is 9.34. The van der Waals surface area contributed by atoms with E-state index in [1.165, 1.54) is 10.5 Å². The maximum Gasteiger partial charge on any atom is 0.175 e. The number of aromatic nitrogens is 2. The Bertz CT molecular complexity index is 704. The molecule has 0 spiro atoms. The maximum absolute atomic E-state index is 4.68. The van der Waals surface area contributed by atoms with Gasteiger partial charge in [0.25, 0.3) is 0 Å². The smallest absolute Gasteiger partial charge is 0.175 e. The summed E-state index contributed by atoms with van der Waals surface area (Å²) in [5.41, 5.74) is 6.88. The Labute approximate surface area is 135 Å². The molecule has 0 saturated carbocycles. The van der Waals surface area contributed by atoms with Crippen LogP contribution in [0.5, 0.6) is 0 Å². The third-order valence-corrected chi connectivity index (χ3v) is 4.43. The van der Waals surface area contributed by atoms with E-state index in [1.54, 1.807) is 11.8 Å². The largest absolute Gasteiger partial charge is 0.302 e. The van der Waals surface area contributed by atoms with Crippen molar-refractivity contribution in [1.82, 2.24) is 20.6 Å². The Hall–Kier alpha value is -1.79. The van der Waals surface area contributed by atoms with Crippen molar-refractivity contribution < 1.29 is 0 Å². The third kappa shape index (κ3) is 3.03. The van der Waals surface area contributed by atoms with E-state index in [4.69, 9.17) is 0 Å². The zero-order chi connectivity index (χ0) is 15.7. The minimum atomic E-state index is 0.386. The lowest BCUT2D eigenvalue weighted by atomic mass is 10.0. The van der Waals surface area contributed by atoms with E-state index >= 15 is 0 Å². The number of hydrogen-bond donors (Lipinski definition) is 2. The van der Waals surface area contributed by atoms with Crippen molar-refractivity contribution in [1.29, 1.82) is 0 Å². The van der Waals surface area contributed by atoms with E-state index in [1.807, 2.05) is 13.0 Å². The van der Waals surface area contributed by atoms with Crippen LogP contribution in [0.3, 0.4) is 0 Å². The van der Waals surface area contributed by atoms with Gasteiger partial charge >= 0.3 is 0 Å². The lowest BCUT2D eigenvalue weighted by Gasteiger charge is -2.34. The fourth-order valence-electron chi connectivity index (χ4n) is 2.45. The van der Waals surface area contributed by atoms with Gasteiger partial charge in [0.15, 0.2) is 11.7 Å². The highest BCUT2D eigenvalue weighted by molar-refractivity contribution is 7.98. The van der Waals surface area contributed by atoms with E-state index in [2.05, 4.69) is 63.9 Å². The molecule has 116 valence electrons. The van der Waals surface area contributed by atoms with Gasteiger partial charge in [-0.1, -0.05) is 0 Å². The number of hydrazine groups is 1. The number of benzene rings is 1. The highest BCUT2D eigenvalue weighted by atomic mass is 32.2. The normalized spacial score (nSPS) is 16.9. The average molecular weight is 315 g/mol. The van der Waals surface area contributed by atoms with Gasteiger partial charge in [0.1, 0.15) is 0 Å². The van der Waals surface area contributed by atoms with Gasteiger partial charge in [-0.05, 0) is 50.8 Å². The average Bonchev–Trinajstić information content (AvgIpc) is 2.91. The zero-order valence-corrected chi connectivity index (χ0v) is 14.2. The van der Waals surface area contributed by atoms with Gasteiger partial charge in [0.05, 0.1) is 0 Å². The van der Waals surface area contributed by atoms with Crippen molar-refractivity contribution in [2.45, 2.75) is 38.3 Å². The maximum atomic E-state index is 4.68. The van der Waals surface area contributed by atoms with Crippen LogP contribution in [0.4, 0.5) is 5.82 Å². The second-order valence-corrected chi connectivity index (χ2v) is 6.61. The molecule has 0 atom stereocenters. The van der Waals surface area contributed by atoms with Gasteiger partial charge in [-0.3, -0.25) is 5.10 Å². The van der Waals surface area contributed by atoms with Crippen molar-refractivity contribution in [3.8, 4) is 0 Å². The molecule has 2 heterocycles. The molecule has 1 aromatic heterocycles. The zero-order valence-electron chi connectivity index (χ0n) is 13.3. The molecule has 1 aliphatic heterocycles. The fraction of sp³-hybridized carbons (Fsp3) is 0.375. The first-order valence-corrected chi connectivity index (χ1v) is 8.60. The van der Waals surface area contributed by atoms with Gasteiger partial charge < -0.3 is 5.43 Å². The van der Waals surface area contributed by atoms with Crippen molar-refractivity contribution >= 4 is 23.4 Å². The predicted molar refractivity (Wildman–Crippen MR) is 91.6 cm³/mol. The molecule has 1 aromatic carbocycles. The van der Waals surface area contributed by atoms with Crippen LogP contribution in [-0.4, -0.2) is 33.3 Å². The number of nitrogens with one attached hydrogen (secondary N) is 2. The molecular formula is C16H21N5S. The predicted octanol–water partition coefficient (Wildman–Crippen LogP) is 3.25. The SMILES string of the molecule is CSc1ccc2c(c1)CN(C(C)C)NC2=Nc1cc(C)[nH]n1. The number of H-pyrrole nitrogens is 1. The lowest BCUT2D eigenvalue weighted by molar-refractivity contribution is 0.169. The van der Waals surface area contributed by atoms with E-state index in [9.17, 15) is 0 Å². The molecule has 0 saturated heterocycles. The number of aromatic amines is 1. The summed E-state index contributed by atoms with van der Waals surface area (Å²) in [6.07, 6.45) is 2.10. The summed E-state index contributed by atoms with van der Waals surface area (Å²) < 4.78 is 0. The van der Waals surface area contributed by atoms with E-state index in [0.717, 1.165) is 23.6 Å². The first-order valence-electron chi connectivity index (χ1n) is 7.38. The van der Waals surface area contributed by atoms with Crippen LogP contribution < -0.4 is 5.43 Å². The van der Waals surface area contributed by atoms with Crippen LogP contribution in [0.25, 0.3) is 0 Å². The molecule has 22 heavy (non-hydrogen) atoms. The first-order chi connectivity index (χ1) is 10.6. The van der Waals surface area contributed by atoms with Crippen molar-refractivity contribution in [3.05, 3.63) is 41.1 Å². The van der Waals surface area contributed by atoms with Crippen LogP contribution >= 0.6 is 11.8 Å². The van der Waals surface area contributed by atoms with Crippen LogP contribution in [-0.2, 0) is 6.54 Å². The Morgan fingerprint density at radius 1 is 1.32 bits per heavy atom. The Balaban J connectivity index is 2.04. The summed E-state index contributed by atoms with van der Waals surface area (Å²) in [6.45, 7) is 7.20. The number of rotatable bonds is 3. The Kier molecular flexibility index (Phi) is 4.22. The van der Waals surface area contributed by atoms with Crippen LogP contribution in [0.1, 0.15) is 30.7 Å². The minimum absolute atomic E-state index is 0.386. The van der Waals surface area contributed by atoms with Crippen molar-refractivity contribution in [2.75, 3.05) is 6.26 Å². The van der Waals surface area contributed by atoms with Gasteiger partial charge in [-0.15, -0.1) is 11.8 Å². The number of aryl methyl sites for hydroxylation is 1. The summed E-state index contributed by atoms with van der Waals surface area (Å²) in [4.78, 5) is 5.96. The Morgan fingerprint density at radius 3 is 2.77 bits per heavy atom. The number of fused-ring (bicyclic) bond motifs is 1. The van der Waals surface area contributed by atoms with Crippen LogP contribution in [0, 0.1) is 6.92 Å². The van der Waals surface area contributed by atoms with Crippen LogP contribution in [0.2, 0.25) is 0 Å². The van der Waals surface area contributed by atoms with Crippen molar-refractivity contribution in [3.63, 3.8) is 0 Å². The third-order valence-electron chi connectivity index (χ3n) is 3.70. The molecular weight excluding hydrogens is 294 g/mol. The second kappa shape index (κ2) is 6.14. The highest BCUT2D eigenvalue weighted by Crippen LogP contribution is 2.25. The molecule has 3 rings (SSSR count). The highest BCUT2D eigenvalue weighted by Gasteiger charge is 2.23. The molecule has 5 nitrogen and oxygen atoms in total. The molecule has 2 N–H and O–H groups in total. The molecule has 0 aliphatic carbocycles. The van der Waals surface area contributed by atoms with E-state index in [-0.39, 0.29) is 0 Å². The summed E-state index contributed by atoms with van der Waals surface area (Å²) in [6, 6.07) is 8.86. The van der Waals surface area contributed by atoms with Crippen LogP contribution in [0.15, 0.2) is 34.2 Å². The van der Waals surface area contributed by atoms with Gasteiger partial charge in [-0.25, -0.2) is 10.0 Å². The molecule has 1 aliphatic rings. The topological polar surface area (TPSA) is 56.3 Å². The molecule has 6 heteroatoms. The minimum Gasteiger partial charge on any atom is -0.302 e. The van der Waals surface area contributed by atoms with Gasteiger partial charge in [0, 0.05) is 34.8 Å². The summed E-state index contributed by atoms with van der Waals surface area (Å²) in [5.74, 6) is 1.56. The number of thioether (sulfide) groups is 1. The van der Waals surface area contributed by atoms with Gasteiger partial charge in [-0.2, -0.15) is 5.10 Å². The molecule has 2 aromatic rings. The summed E-state index contributed by atoms with van der Waals surface area (Å²) in [7, 11) is 0. The second-order valence-electron chi connectivity index (χ2n) is 5.73.